The molecule has 1 aromatic heterocycles. The van der Waals surface area contributed by atoms with Crippen LogP contribution in [0.25, 0.3) is 0 Å². The highest BCUT2D eigenvalue weighted by molar-refractivity contribution is 5.09. The summed E-state index contributed by atoms with van der Waals surface area (Å²) in [4.78, 5) is 4.39. The number of morpholine rings is 1. The van der Waals surface area contributed by atoms with Crippen LogP contribution in [0.1, 0.15) is 19.2 Å². The first-order valence-electron chi connectivity index (χ1n) is 6.79. The van der Waals surface area contributed by atoms with Crippen molar-refractivity contribution < 1.29 is 4.74 Å². The standard InChI is InChI=1S/C12H21N5O/c1-2-4-17-11(15-9-16-17)6-10-12(7-13-8-12)18-5-3-14-10/h9-10,13-14H,2-8H2,1H3. The van der Waals surface area contributed by atoms with Crippen LogP contribution >= 0.6 is 0 Å². The van der Waals surface area contributed by atoms with E-state index in [0.717, 1.165) is 51.5 Å². The molecule has 6 heteroatoms. The third kappa shape index (κ3) is 2.04. The zero-order chi connectivity index (χ0) is 12.4. The van der Waals surface area contributed by atoms with E-state index in [2.05, 4.69) is 27.6 Å². The topological polar surface area (TPSA) is 64.0 Å². The average Bonchev–Trinajstić information content (AvgIpc) is 2.76. The van der Waals surface area contributed by atoms with Crippen LogP contribution < -0.4 is 10.6 Å². The van der Waals surface area contributed by atoms with E-state index in [-0.39, 0.29) is 5.60 Å². The van der Waals surface area contributed by atoms with Gasteiger partial charge in [0.05, 0.1) is 6.61 Å². The lowest BCUT2D eigenvalue weighted by Crippen LogP contribution is -2.73. The fourth-order valence-corrected chi connectivity index (χ4v) is 2.78. The molecule has 0 amide bonds. The van der Waals surface area contributed by atoms with Gasteiger partial charge in [-0.25, -0.2) is 4.98 Å². The zero-order valence-corrected chi connectivity index (χ0v) is 10.9. The molecule has 18 heavy (non-hydrogen) atoms. The number of rotatable bonds is 4. The average molecular weight is 251 g/mol. The van der Waals surface area contributed by atoms with Crippen molar-refractivity contribution in [3.63, 3.8) is 0 Å². The molecule has 0 saturated carbocycles. The van der Waals surface area contributed by atoms with Crippen molar-refractivity contribution in [2.24, 2.45) is 0 Å². The van der Waals surface area contributed by atoms with Crippen molar-refractivity contribution in [3.05, 3.63) is 12.2 Å². The minimum absolute atomic E-state index is 0.0265. The van der Waals surface area contributed by atoms with E-state index in [9.17, 15) is 0 Å². The van der Waals surface area contributed by atoms with Crippen molar-refractivity contribution >= 4 is 0 Å². The Morgan fingerprint density at radius 2 is 2.44 bits per heavy atom. The van der Waals surface area contributed by atoms with Gasteiger partial charge >= 0.3 is 0 Å². The summed E-state index contributed by atoms with van der Waals surface area (Å²) in [6.07, 6.45) is 3.62. The molecule has 2 saturated heterocycles. The van der Waals surface area contributed by atoms with Gasteiger partial charge in [0, 0.05) is 38.6 Å². The van der Waals surface area contributed by atoms with E-state index in [1.165, 1.54) is 0 Å². The lowest BCUT2D eigenvalue weighted by Gasteiger charge is -2.50. The Labute approximate surface area is 107 Å². The molecule has 3 heterocycles. The summed E-state index contributed by atoms with van der Waals surface area (Å²) in [7, 11) is 0. The van der Waals surface area contributed by atoms with Gasteiger partial charge in [0.2, 0.25) is 0 Å². The smallest absolute Gasteiger partial charge is 0.138 e. The van der Waals surface area contributed by atoms with Crippen molar-refractivity contribution in [3.8, 4) is 0 Å². The molecule has 0 bridgehead atoms. The zero-order valence-electron chi connectivity index (χ0n) is 10.9. The molecule has 3 rings (SSSR count). The monoisotopic (exact) mass is 251 g/mol. The molecule has 0 aromatic carbocycles. The first-order chi connectivity index (χ1) is 8.84. The quantitative estimate of drug-likeness (QED) is 0.759. The molecule has 1 aromatic rings. The Kier molecular flexibility index (Phi) is 3.32. The summed E-state index contributed by atoms with van der Waals surface area (Å²) in [5.41, 5.74) is -0.0265. The number of hydrogen-bond acceptors (Lipinski definition) is 5. The lowest BCUT2D eigenvalue weighted by molar-refractivity contribution is -0.127. The predicted molar refractivity (Wildman–Crippen MR) is 67.4 cm³/mol. The number of nitrogens with one attached hydrogen (secondary N) is 2. The highest BCUT2D eigenvalue weighted by Crippen LogP contribution is 2.26. The van der Waals surface area contributed by atoms with Crippen LogP contribution in [0.5, 0.6) is 0 Å². The fourth-order valence-electron chi connectivity index (χ4n) is 2.78. The summed E-state index contributed by atoms with van der Waals surface area (Å²) in [6, 6.07) is 0.340. The molecule has 100 valence electrons. The normalized spacial score (nSPS) is 26.2. The minimum Gasteiger partial charge on any atom is -0.369 e. The molecule has 2 aliphatic heterocycles. The molecule has 0 aliphatic carbocycles. The maximum absolute atomic E-state index is 5.98. The van der Waals surface area contributed by atoms with Crippen LogP contribution in [0.15, 0.2) is 6.33 Å². The molecular formula is C12H21N5O. The van der Waals surface area contributed by atoms with Crippen LogP contribution in [0.4, 0.5) is 0 Å². The number of ether oxygens (including phenoxy) is 1. The van der Waals surface area contributed by atoms with Gasteiger partial charge in [0.15, 0.2) is 0 Å². The van der Waals surface area contributed by atoms with Crippen molar-refractivity contribution in [2.75, 3.05) is 26.2 Å². The van der Waals surface area contributed by atoms with Crippen LogP contribution in [0.3, 0.4) is 0 Å². The summed E-state index contributed by atoms with van der Waals surface area (Å²) in [5.74, 6) is 1.06. The van der Waals surface area contributed by atoms with Gasteiger partial charge in [0.1, 0.15) is 17.8 Å². The third-order valence-corrected chi connectivity index (χ3v) is 3.88. The third-order valence-electron chi connectivity index (χ3n) is 3.88. The summed E-state index contributed by atoms with van der Waals surface area (Å²) in [6.45, 7) is 6.70. The molecule has 2 N–H and O–H groups in total. The van der Waals surface area contributed by atoms with Crippen LogP contribution in [0.2, 0.25) is 0 Å². The SMILES string of the molecule is CCCn1ncnc1CC1NCCOC12CNC2. The highest BCUT2D eigenvalue weighted by Gasteiger charge is 2.47. The Hall–Kier alpha value is -0.980. The van der Waals surface area contributed by atoms with Gasteiger partial charge in [0.25, 0.3) is 0 Å². The molecule has 2 aliphatic rings. The highest BCUT2D eigenvalue weighted by atomic mass is 16.5. The molecule has 2 fully saturated rings. The van der Waals surface area contributed by atoms with Gasteiger partial charge in [-0.3, -0.25) is 4.68 Å². The summed E-state index contributed by atoms with van der Waals surface area (Å²) in [5, 5.41) is 11.2. The first kappa shape index (κ1) is 12.1. The number of hydrogen-bond donors (Lipinski definition) is 2. The molecule has 6 nitrogen and oxygen atoms in total. The maximum atomic E-state index is 5.98. The van der Waals surface area contributed by atoms with Gasteiger partial charge in [-0.05, 0) is 6.42 Å². The number of aromatic nitrogens is 3. The molecule has 1 atom stereocenters. The van der Waals surface area contributed by atoms with Crippen LogP contribution in [-0.2, 0) is 17.7 Å². The van der Waals surface area contributed by atoms with E-state index in [4.69, 9.17) is 4.74 Å². The molecule has 1 spiro atoms. The first-order valence-corrected chi connectivity index (χ1v) is 6.79. The van der Waals surface area contributed by atoms with Gasteiger partial charge in [-0.2, -0.15) is 5.10 Å². The van der Waals surface area contributed by atoms with Crippen molar-refractivity contribution in [1.82, 2.24) is 25.4 Å². The molecule has 0 radical (unpaired) electrons. The second-order valence-corrected chi connectivity index (χ2v) is 5.13. The summed E-state index contributed by atoms with van der Waals surface area (Å²) >= 11 is 0. The van der Waals surface area contributed by atoms with E-state index >= 15 is 0 Å². The number of aryl methyl sites for hydroxylation is 1. The Bertz CT molecular complexity index is 401. The Balaban J connectivity index is 1.72. The maximum Gasteiger partial charge on any atom is 0.138 e. The van der Waals surface area contributed by atoms with E-state index < -0.39 is 0 Å². The molecular weight excluding hydrogens is 230 g/mol. The van der Waals surface area contributed by atoms with Crippen molar-refractivity contribution in [1.29, 1.82) is 0 Å². The van der Waals surface area contributed by atoms with Gasteiger partial charge < -0.3 is 15.4 Å². The lowest BCUT2D eigenvalue weighted by atomic mass is 9.84. The van der Waals surface area contributed by atoms with E-state index in [1.54, 1.807) is 6.33 Å². The Morgan fingerprint density at radius 1 is 1.56 bits per heavy atom. The molecule has 1 unspecified atom stereocenters. The van der Waals surface area contributed by atoms with Crippen LogP contribution in [0, 0.1) is 0 Å². The van der Waals surface area contributed by atoms with Crippen LogP contribution in [-0.4, -0.2) is 52.6 Å². The predicted octanol–water partition coefficient (Wildman–Crippen LogP) is -0.439. The summed E-state index contributed by atoms with van der Waals surface area (Å²) < 4.78 is 7.99. The second-order valence-electron chi connectivity index (χ2n) is 5.13. The van der Waals surface area contributed by atoms with Crippen molar-refractivity contribution in [2.45, 2.75) is 38.0 Å². The largest absolute Gasteiger partial charge is 0.369 e. The van der Waals surface area contributed by atoms with Gasteiger partial charge in [-0.15, -0.1) is 0 Å². The fraction of sp³-hybridized carbons (Fsp3) is 0.833. The van der Waals surface area contributed by atoms with E-state index in [1.807, 2.05) is 4.68 Å². The Morgan fingerprint density at radius 3 is 3.17 bits per heavy atom. The second kappa shape index (κ2) is 4.95. The minimum atomic E-state index is -0.0265. The number of nitrogens with zero attached hydrogens (tertiary/aromatic N) is 3. The van der Waals surface area contributed by atoms with E-state index in [0.29, 0.717) is 6.04 Å². The van der Waals surface area contributed by atoms with Gasteiger partial charge in [-0.1, -0.05) is 6.92 Å².